The Balaban J connectivity index is 0.000000260. The number of rotatable bonds is 4. The van der Waals surface area contributed by atoms with Gasteiger partial charge >= 0.3 is 0 Å². The van der Waals surface area contributed by atoms with Crippen LogP contribution in [0.1, 0.15) is 0 Å². The van der Waals surface area contributed by atoms with Crippen LogP contribution in [0.2, 0.25) is 0 Å². The maximum absolute atomic E-state index is 9.28. The number of hydrogen-bond donors (Lipinski definition) is 8. The van der Waals surface area contributed by atoms with Crippen LogP contribution in [0, 0.1) is 0 Å². The summed E-state index contributed by atoms with van der Waals surface area (Å²) in [5.74, 6) is 0. The minimum Gasteiger partial charge on any atom is -0.394 e. The molecule has 2 saturated heterocycles. The van der Waals surface area contributed by atoms with Gasteiger partial charge in [0.05, 0.1) is 13.2 Å². The van der Waals surface area contributed by atoms with Crippen LogP contribution in [0.15, 0.2) is 0 Å². The Hall–Kier alpha value is -0.480. The molecule has 2 aliphatic rings. The van der Waals surface area contributed by atoms with Gasteiger partial charge in [-0.25, -0.2) is 0 Å². The largest absolute Gasteiger partial charge is 0.394 e. The Labute approximate surface area is 149 Å². The highest BCUT2D eigenvalue weighted by molar-refractivity contribution is 4.89. The molecule has 2 rings (SSSR count). The summed E-state index contributed by atoms with van der Waals surface area (Å²) in [6, 6.07) is 0. The third-order valence-electron chi connectivity index (χ3n) is 4.16. The number of methoxy groups -OCH3 is 2. The van der Waals surface area contributed by atoms with Crippen molar-refractivity contribution < 1.29 is 59.8 Å². The molecule has 0 saturated carbocycles. The summed E-state index contributed by atoms with van der Waals surface area (Å²) in [7, 11) is 2.60. The lowest BCUT2D eigenvalue weighted by Crippen LogP contribution is -2.58. The first kappa shape index (κ1) is 23.6. The molecular weight excluding hydrogens is 360 g/mol. The molecule has 0 aliphatic carbocycles. The van der Waals surface area contributed by atoms with Crippen molar-refractivity contribution in [2.45, 2.75) is 61.4 Å². The molecular formula is C14H28O12. The van der Waals surface area contributed by atoms with Gasteiger partial charge in [0.2, 0.25) is 0 Å². The minimum absolute atomic E-state index is 0.440. The van der Waals surface area contributed by atoms with E-state index in [1.54, 1.807) is 0 Å². The van der Waals surface area contributed by atoms with Crippen LogP contribution in [0.25, 0.3) is 0 Å². The topological polar surface area (TPSA) is 199 Å². The number of aliphatic hydroxyl groups excluding tert-OH is 8. The molecule has 0 amide bonds. The molecule has 0 bridgehead atoms. The Morgan fingerprint density at radius 1 is 0.577 bits per heavy atom. The van der Waals surface area contributed by atoms with Crippen molar-refractivity contribution in [2.75, 3.05) is 27.4 Å². The second-order valence-corrected chi connectivity index (χ2v) is 5.87. The van der Waals surface area contributed by atoms with Crippen molar-refractivity contribution >= 4 is 0 Å². The standard InChI is InChI=1S/2C7H14O6/c2*1-12-7-6(11)5(10)4(9)3(2-8)13-7/h2*3-11H,2H2,1H3/t3-,4+,5+,6-,7-;3-,4-,5+,6-,7-/m11/s1. The van der Waals surface area contributed by atoms with Gasteiger partial charge in [-0.2, -0.15) is 0 Å². The van der Waals surface area contributed by atoms with Gasteiger partial charge in [0, 0.05) is 14.2 Å². The zero-order valence-corrected chi connectivity index (χ0v) is 14.4. The van der Waals surface area contributed by atoms with E-state index in [1.165, 1.54) is 14.2 Å². The summed E-state index contributed by atoms with van der Waals surface area (Å²) in [5.41, 5.74) is 0. The molecule has 0 aromatic rings. The number of hydrogen-bond acceptors (Lipinski definition) is 12. The SMILES string of the molecule is CO[C@@H]1O[C@H](CO)[C@@H](O)[C@H](O)[C@H]1O.CO[C@@H]1O[C@H](CO)[C@H](O)[C@H](O)[C@H]1O. The summed E-state index contributed by atoms with van der Waals surface area (Å²) >= 11 is 0. The van der Waals surface area contributed by atoms with Gasteiger partial charge in [-0.1, -0.05) is 0 Å². The van der Waals surface area contributed by atoms with Gasteiger partial charge in [-0.3, -0.25) is 0 Å². The van der Waals surface area contributed by atoms with Crippen LogP contribution in [-0.4, -0.2) is 130 Å². The molecule has 156 valence electrons. The summed E-state index contributed by atoms with van der Waals surface area (Å²) in [6.45, 7) is -0.879. The van der Waals surface area contributed by atoms with E-state index in [0.29, 0.717) is 0 Å². The lowest BCUT2D eigenvalue weighted by molar-refractivity contribution is -0.294. The first-order chi connectivity index (χ1) is 12.2. The van der Waals surface area contributed by atoms with Crippen molar-refractivity contribution in [1.29, 1.82) is 0 Å². The van der Waals surface area contributed by atoms with Crippen LogP contribution in [0.3, 0.4) is 0 Å². The van der Waals surface area contributed by atoms with E-state index in [-0.39, 0.29) is 0 Å². The highest BCUT2D eigenvalue weighted by atomic mass is 16.7. The molecule has 12 nitrogen and oxygen atoms in total. The van der Waals surface area contributed by atoms with Gasteiger partial charge < -0.3 is 59.8 Å². The maximum atomic E-state index is 9.28. The fraction of sp³-hybridized carbons (Fsp3) is 1.00. The molecule has 2 heterocycles. The zero-order valence-electron chi connectivity index (χ0n) is 14.4. The molecule has 0 spiro atoms. The van der Waals surface area contributed by atoms with E-state index in [0.717, 1.165) is 0 Å². The lowest BCUT2D eigenvalue weighted by Gasteiger charge is -2.38. The quantitative estimate of drug-likeness (QED) is 0.228. The van der Waals surface area contributed by atoms with Gasteiger partial charge in [-0.05, 0) is 0 Å². The number of aliphatic hydroxyl groups is 8. The molecule has 10 atom stereocenters. The zero-order chi connectivity index (χ0) is 20.0. The summed E-state index contributed by atoms with van der Waals surface area (Å²) in [6.07, 6.45) is -11.8. The second kappa shape index (κ2) is 10.8. The van der Waals surface area contributed by atoms with Crippen molar-refractivity contribution in [3.63, 3.8) is 0 Å². The molecule has 0 radical (unpaired) electrons. The van der Waals surface area contributed by atoms with Gasteiger partial charge in [-0.15, -0.1) is 0 Å². The normalized spacial score (nSPS) is 46.4. The van der Waals surface area contributed by atoms with Crippen LogP contribution >= 0.6 is 0 Å². The van der Waals surface area contributed by atoms with E-state index < -0.39 is 74.6 Å². The molecule has 0 aromatic heterocycles. The third kappa shape index (κ3) is 5.28. The van der Waals surface area contributed by atoms with Crippen LogP contribution in [-0.2, 0) is 18.9 Å². The monoisotopic (exact) mass is 388 g/mol. The average molecular weight is 388 g/mol. The van der Waals surface area contributed by atoms with Crippen LogP contribution in [0.5, 0.6) is 0 Å². The molecule has 0 aromatic carbocycles. The highest BCUT2D eigenvalue weighted by Gasteiger charge is 2.44. The van der Waals surface area contributed by atoms with Crippen molar-refractivity contribution in [3.8, 4) is 0 Å². The molecule has 12 heteroatoms. The minimum atomic E-state index is -1.36. The Kier molecular flexibility index (Phi) is 9.74. The summed E-state index contributed by atoms with van der Waals surface area (Å²) < 4.78 is 19.3. The lowest BCUT2D eigenvalue weighted by atomic mass is 9.99. The first-order valence-electron chi connectivity index (χ1n) is 7.90. The number of ether oxygens (including phenoxy) is 4. The van der Waals surface area contributed by atoms with Gasteiger partial charge in [0.15, 0.2) is 12.6 Å². The van der Waals surface area contributed by atoms with E-state index in [4.69, 9.17) is 29.2 Å². The summed E-state index contributed by atoms with van der Waals surface area (Å²) in [5, 5.41) is 73.1. The maximum Gasteiger partial charge on any atom is 0.186 e. The van der Waals surface area contributed by atoms with Crippen molar-refractivity contribution in [2.24, 2.45) is 0 Å². The smallest absolute Gasteiger partial charge is 0.186 e. The highest BCUT2D eigenvalue weighted by Crippen LogP contribution is 2.22. The van der Waals surface area contributed by atoms with E-state index in [9.17, 15) is 30.6 Å². The summed E-state index contributed by atoms with van der Waals surface area (Å²) in [4.78, 5) is 0. The predicted octanol–water partition coefficient (Wildman–Crippen LogP) is -5.13. The second-order valence-electron chi connectivity index (χ2n) is 5.87. The molecule has 8 N–H and O–H groups in total. The molecule has 2 aliphatic heterocycles. The van der Waals surface area contributed by atoms with Crippen LogP contribution in [0.4, 0.5) is 0 Å². The van der Waals surface area contributed by atoms with Crippen LogP contribution < -0.4 is 0 Å². The molecule has 2 fully saturated rings. The Morgan fingerprint density at radius 3 is 1.12 bits per heavy atom. The van der Waals surface area contributed by atoms with Crippen molar-refractivity contribution in [3.05, 3.63) is 0 Å². The predicted molar refractivity (Wildman–Crippen MR) is 81.6 cm³/mol. The fourth-order valence-corrected chi connectivity index (χ4v) is 2.52. The Bertz CT molecular complexity index is 322. The van der Waals surface area contributed by atoms with Gasteiger partial charge in [0.1, 0.15) is 48.8 Å². The van der Waals surface area contributed by atoms with E-state index >= 15 is 0 Å². The fourth-order valence-electron chi connectivity index (χ4n) is 2.52. The molecule has 26 heavy (non-hydrogen) atoms. The third-order valence-corrected chi connectivity index (χ3v) is 4.16. The molecule has 0 unspecified atom stereocenters. The van der Waals surface area contributed by atoms with E-state index in [1.807, 2.05) is 0 Å². The average Bonchev–Trinajstić information content (AvgIpc) is 2.65. The van der Waals surface area contributed by atoms with E-state index in [2.05, 4.69) is 0 Å². The van der Waals surface area contributed by atoms with Crippen molar-refractivity contribution in [1.82, 2.24) is 0 Å². The first-order valence-corrected chi connectivity index (χ1v) is 7.90. The van der Waals surface area contributed by atoms with Gasteiger partial charge in [0.25, 0.3) is 0 Å². The Morgan fingerprint density at radius 2 is 0.885 bits per heavy atom.